The van der Waals surface area contributed by atoms with E-state index < -0.39 is 15.9 Å². The van der Waals surface area contributed by atoms with E-state index in [1.54, 1.807) is 36.4 Å². The van der Waals surface area contributed by atoms with E-state index in [0.29, 0.717) is 17.2 Å². The summed E-state index contributed by atoms with van der Waals surface area (Å²) in [4.78, 5) is 12.5. The third kappa shape index (κ3) is 4.55. The minimum Gasteiger partial charge on any atom is -0.495 e. The molecule has 1 amide bonds. The molecule has 0 atom stereocenters. The van der Waals surface area contributed by atoms with Gasteiger partial charge >= 0.3 is 0 Å². The van der Waals surface area contributed by atoms with E-state index >= 15 is 0 Å². The Morgan fingerprint density at radius 1 is 1.07 bits per heavy atom. The Bertz CT molecular complexity index is 1030. The number of methoxy groups -OCH3 is 1. The van der Waals surface area contributed by atoms with Gasteiger partial charge in [0.05, 0.1) is 30.5 Å². The SMILES string of the molecule is COc1ccccc1NC(=O)c1cccc(S(=O)(=O)NCc2ccco2)c1. The molecule has 0 bridgehead atoms. The lowest BCUT2D eigenvalue weighted by Gasteiger charge is -2.11. The Kier molecular flexibility index (Phi) is 5.58. The van der Waals surface area contributed by atoms with E-state index in [-0.39, 0.29) is 17.0 Å². The number of para-hydroxylation sites is 2. The molecule has 3 rings (SSSR count). The summed E-state index contributed by atoms with van der Waals surface area (Å²) < 4.78 is 37.7. The number of amides is 1. The number of carbonyl (C=O) groups excluding carboxylic acids is 1. The van der Waals surface area contributed by atoms with Crippen molar-refractivity contribution in [3.63, 3.8) is 0 Å². The van der Waals surface area contributed by atoms with Crippen molar-refractivity contribution in [3.8, 4) is 5.75 Å². The maximum absolute atomic E-state index is 12.5. The summed E-state index contributed by atoms with van der Waals surface area (Å²) in [5, 5.41) is 2.72. The third-order valence-electron chi connectivity index (χ3n) is 3.78. The van der Waals surface area contributed by atoms with Crippen molar-refractivity contribution in [1.29, 1.82) is 0 Å². The van der Waals surface area contributed by atoms with Crippen LogP contribution in [0.15, 0.2) is 76.2 Å². The second-order valence-electron chi connectivity index (χ2n) is 5.59. The van der Waals surface area contributed by atoms with E-state index in [1.165, 1.54) is 37.6 Å². The molecule has 1 heterocycles. The third-order valence-corrected chi connectivity index (χ3v) is 5.18. The summed E-state index contributed by atoms with van der Waals surface area (Å²) in [6, 6.07) is 16.1. The van der Waals surface area contributed by atoms with Crippen LogP contribution in [0, 0.1) is 0 Å². The summed E-state index contributed by atoms with van der Waals surface area (Å²) in [6.07, 6.45) is 1.46. The standard InChI is InChI=1S/C19H18N2O5S/c1-25-18-10-3-2-9-17(18)21-19(22)14-6-4-8-16(12-14)27(23,24)20-13-15-7-5-11-26-15/h2-12,20H,13H2,1H3,(H,21,22). The van der Waals surface area contributed by atoms with Gasteiger partial charge in [-0.3, -0.25) is 4.79 Å². The fourth-order valence-electron chi connectivity index (χ4n) is 2.41. The smallest absolute Gasteiger partial charge is 0.255 e. The van der Waals surface area contributed by atoms with Gasteiger partial charge in [0.1, 0.15) is 11.5 Å². The maximum atomic E-state index is 12.5. The Morgan fingerprint density at radius 3 is 2.63 bits per heavy atom. The monoisotopic (exact) mass is 386 g/mol. The molecule has 0 unspecified atom stereocenters. The van der Waals surface area contributed by atoms with Gasteiger partial charge in [-0.05, 0) is 42.5 Å². The van der Waals surface area contributed by atoms with E-state index in [2.05, 4.69) is 10.0 Å². The quantitative estimate of drug-likeness (QED) is 0.650. The zero-order valence-corrected chi connectivity index (χ0v) is 15.3. The van der Waals surface area contributed by atoms with Crippen LogP contribution < -0.4 is 14.8 Å². The molecule has 2 N–H and O–H groups in total. The lowest BCUT2D eigenvalue weighted by molar-refractivity contribution is 0.102. The second kappa shape index (κ2) is 8.07. The van der Waals surface area contributed by atoms with E-state index in [9.17, 15) is 13.2 Å². The number of hydrogen-bond donors (Lipinski definition) is 2. The zero-order chi connectivity index (χ0) is 19.3. The summed E-state index contributed by atoms with van der Waals surface area (Å²) >= 11 is 0. The fraction of sp³-hybridized carbons (Fsp3) is 0.105. The summed E-state index contributed by atoms with van der Waals surface area (Å²) in [5.74, 6) is 0.556. The predicted molar refractivity (Wildman–Crippen MR) is 100 cm³/mol. The van der Waals surface area contributed by atoms with Crippen LogP contribution in [0.3, 0.4) is 0 Å². The predicted octanol–water partition coefficient (Wildman–Crippen LogP) is 3.02. The normalized spacial score (nSPS) is 11.1. The molecule has 27 heavy (non-hydrogen) atoms. The molecule has 7 nitrogen and oxygen atoms in total. The number of sulfonamides is 1. The molecule has 0 aliphatic heterocycles. The van der Waals surface area contributed by atoms with Crippen LogP contribution in [-0.4, -0.2) is 21.4 Å². The van der Waals surface area contributed by atoms with Crippen molar-refractivity contribution in [2.45, 2.75) is 11.4 Å². The van der Waals surface area contributed by atoms with E-state index in [1.807, 2.05) is 0 Å². The number of hydrogen-bond acceptors (Lipinski definition) is 5. The van der Waals surface area contributed by atoms with Gasteiger partial charge in [-0.2, -0.15) is 0 Å². The summed E-state index contributed by atoms with van der Waals surface area (Å²) in [6.45, 7) is 0.0208. The first-order valence-corrected chi connectivity index (χ1v) is 9.54. The molecule has 2 aromatic carbocycles. The average molecular weight is 386 g/mol. The largest absolute Gasteiger partial charge is 0.495 e. The minimum atomic E-state index is -3.79. The number of anilines is 1. The first-order valence-electron chi connectivity index (χ1n) is 8.06. The minimum absolute atomic E-state index is 0.0123. The highest BCUT2D eigenvalue weighted by atomic mass is 32.2. The van der Waals surface area contributed by atoms with Crippen LogP contribution >= 0.6 is 0 Å². The molecule has 3 aromatic rings. The first-order chi connectivity index (χ1) is 13.0. The molecule has 0 saturated heterocycles. The fourth-order valence-corrected chi connectivity index (χ4v) is 3.45. The molecular weight excluding hydrogens is 368 g/mol. The van der Waals surface area contributed by atoms with Gasteiger partial charge in [-0.15, -0.1) is 0 Å². The van der Waals surface area contributed by atoms with Crippen molar-refractivity contribution in [2.75, 3.05) is 12.4 Å². The number of furan rings is 1. The number of ether oxygens (including phenoxy) is 1. The van der Waals surface area contributed by atoms with Crippen LogP contribution in [0.2, 0.25) is 0 Å². The molecule has 0 aliphatic rings. The first kappa shape index (κ1) is 18.7. The average Bonchev–Trinajstić information content (AvgIpc) is 3.21. The number of carbonyl (C=O) groups is 1. The molecule has 0 spiro atoms. The van der Waals surface area contributed by atoms with Crippen LogP contribution in [0.25, 0.3) is 0 Å². The van der Waals surface area contributed by atoms with E-state index in [0.717, 1.165) is 0 Å². The van der Waals surface area contributed by atoms with Crippen molar-refractivity contribution >= 4 is 21.6 Å². The second-order valence-corrected chi connectivity index (χ2v) is 7.35. The molecule has 0 fully saturated rings. The molecule has 0 saturated carbocycles. The number of benzene rings is 2. The lowest BCUT2D eigenvalue weighted by atomic mass is 10.2. The zero-order valence-electron chi connectivity index (χ0n) is 14.5. The lowest BCUT2D eigenvalue weighted by Crippen LogP contribution is -2.23. The van der Waals surface area contributed by atoms with Crippen molar-refractivity contribution in [1.82, 2.24) is 4.72 Å². The molecule has 0 aliphatic carbocycles. The topological polar surface area (TPSA) is 97.6 Å². The number of nitrogens with one attached hydrogen (secondary N) is 2. The van der Waals surface area contributed by atoms with E-state index in [4.69, 9.17) is 9.15 Å². The van der Waals surface area contributed by atoms with Gasteiger partial charge in [-0.1, -0.05) is 18.2 Å². The Morgan fingerprint density at radius 2 is 1.89 bits per heavy atom. The molecule has 8 heteroatoms. The van der Waals surface area contributed by atoms with Crippen LogP contribution in [0.5, 0.6) is 5.75 Å². The van der Waals surface area contributed by atoms with Crippen LogP contribution in [0.1, 0.15) is 16.1 Å². The van der Waals surface area contributed by atoms with Gasteiger partial charge in [-0.25, -0.2) is 13.1 Å². The Labute approximate surface area is 157 Å². The van der Waals surface area contributed by atoms with Gasteiger partial charge in [0.15, 0.2) is 0 Å². The van der Waals surface area contributed by atoms with Gasteiger partial charge < -0.3 is 14.5 Å². The van der Waals surface area contributed by atoms with Crippen molar-refractivity contribution < 1.29 is 22.4 Å². The highest BCUT2D eigenvalue weighted by Crippen LogP contribution is 2.24. The summed E-state index contributed by atoms with van der Waals surface area (Å²) in [5.41, 5.74) is 0.705. The van der Waals surface area contributed by atoms with Gasteiger partial charge in [0, 0.05) is 5.56 Å². The summed E-state index contributed by atoms with van der Waals surface area (Å²) in [7, 11) is -2.29. The van der Waals surface area contributed by atoms with Gasteiger partial charge in [0.25, 0.3) is 5.91 Å². The molecule has 0 radical (unpaired) electrons. The Balaban J connectivity index is 1.77. The highest BCUT2D eigenvalue weighted by molar-refractivity contribution is 7.89. The van der Waals surface area contributed by atoms with Crippen LogP contribution in [0.4, 0.5) is 5.69 Å². The van der Waals surface area contributed by atoms with Crippen molar-refractivity contribution in [3.05, 3.63) is 78.3 Å². The Hall–Kier alpha value is -3.10. The highest BCUT2D eigenvalue weighted by Gasteiger charge is 2.17. The molecular formula is C19H18N2O5S. The molecule has 140 valence electrons. The molecule has 1 aromatic heterocycles. The van der Waals surface area contributed by atoms with Crippen molar-refractivity contribution in [2.24, 2.45) is 0 Å². The maximum Gasteiger partial charge on any atom is 0.255 e. The van der Waals surface area contributed by atoms with Gasteiger partial charge in [0.2, 0.25) is 10.0 Å². The number of rotatable bonds is 7. The van der Waals surface area contributed by atoms with Crippen LogP contribution in [-0.2, 0) is 16.6 Å².